The molecule has 0 bridgehead atoms. The third-order valence-corrected chi connectivity index (χ3v) is 3.64. The van der Waals surface area contributed by atoms with Gasteiger partial charge >= 0.3 is 5.97 Å². The van der Waals surface area contributed by atoms with Crippen LogP contribution in [0.2, 0.25) is 0 Å². The fourth-order valence-electron chi connectivity index (χ4n) is 2.23. The number of halogens is 1. The lowest BCUT2D eigenvalue weighted by Gasteiger charge is -2.21. The zero-order valence-corrected chi connectivity index (χ0v) is 14.4. The lowest BCUT2D eigenvalue weighted by molar-refractivity contribution is -0.152. The second-order valence-electron chi connectivity index (χ2n) is 5.53. The highest BCUT2D eigenvalue weighted by molar-refractivity contribution is 5.98. The van der Waals surface area contributed by atoms with E-state index in [1.54, 1.807) is 31.3 Å². The van der Waals surface area contributed by atoms with Crippen molar-refractivity contribution in [3.63, 3.8) is 0 Å². The third kappa shape index (κ3) is 4.89. The first-order chi connectivity index (χ1) is 12.4. The van der Waals surface area contributed by atoms with Gasteiger partial charge in [0.25, 0.3) is 11.8 Å². The van der Waals surface area contributed by atoms with Crippen molar-refractivity contribution >= 4 is 23.5 Å². The van der Waals surface area contributed by atoms with E-state index in [1.165, 1.54) is 30.0 Å². The van der Waals surface area contributed by atoms with Crippen LogP contribution in [0.4, 0.5) is 10.1 Å². The largest absolute Gasteiger partial charge is 0.451 e. The minimum atomic E-state index is -1.03. The highest BCUT2D eigenvalue weighted by Crippen LogP contribution is 2.13. The van der Waals surface area contributed by atoms with Crippen LogP contribution in [0.5, 0.6) is 0 Å². The van der Waals surface area contributed by atoms with E-state index in [2.05, 4.69) is 5.32 Å². The van der Waals surface area contributed by atoms with Gasteiger partial charge in [0.2, 0.25) is 0 Å². The summed E-state index contributed by atoms with van der Waals surface area (Å²) in [4.78, 5) is 37.4. The number of rotatable bonds is 6. The molecule has 0 heterocycles. The molecular weight excluding hydrogens is 339 g/mol. The molecule has 0 aromatic heterocycles. The molecule has 0 fully saturated rings. The fraction of sp³-hybridized carbons (Fsp3) is 0.211. The van der Waals surface area contributed by atoms with Crippen molar-refractivity contribution in [1.82, 2.24) is 5.32 Å². The molecule has 2 rings (SSSR count). The minimum absolute atomic E-state index is 0.173. The maximum absolute atomic E-state index is 13.5. The molecule has 136 valence electrons. The van der Waals surface area contributed by atoms with Crippen LogP contribution in [0.1, 0.15) is 17.3 Å². The number of hydrogen-bond donors (Lipinski definition) is 1. The van der Waals surface area contributed by atoms with E-state index >= 15 is 0 Å². The second kappa shape index (κ2) is 8.75. The van der Waals surface area contributed by atoms with E-state index in [9.17, 15) is 18.8 Å². The molecular formula is C19H19FN2O4. The van der Waals surface area contributed by atoms with Gasteiger partial charge in [-0.05, 0) is 31.2 Å². The van der Waals surface area contributed by atoms with E-state index in [-0.39, 0.29) is 5.56 Å². The van der Waals surface area contributed by atoms with Crippen LogP contribution in [0.15, 0.2) is 54.6 Å². The first kappa shape index (κ1) is 19.1. The number of likely N-dealkylation sites (N-methyl/N-ethyl adjacent to an activating group) is 1. The Morgan fingerprint density at radius 2 is 1.69 bits per heavy atom. The Morgan fingerprint density at radius 3 is 2.35 bits per heavy atom. The van der Waals surface area contributed by atoms with Crippen LogP contribution >= 0.6 is 0 Å². The summed E-state index contributed by atoms with van der Waals surface area (Å²) in [6.07, 6.45) is -1.03. The Labute approximate surface area is 150 Å². The van der Waals surface area contributed by atoms with Gasteiger partial charge in [-0.25, -0.2) is 4.39 Å². The van der Waals surface area contributed by atoms with Gasteiger partial charge in [-0.15, -0.1) is 0 Å². The topological polar surface area (TPSA) is 75.7 Å². The molecule has 0 unspecified atom stereocenters. The quantitative estimate of drug-likeness (QED) is 0.803. The van der Waals surface area contributed by atoms with Crippen molar-refractivity contribution in [2.45, 2.75) is 13.0 Å². The minimum Gasteiger partial charge on any atom is -0.451 e. The Kier molecular flexibility index (Phi) is 6.43. The molecule has 1 atom stereocenters. The summed E-state index contributed by atoms with van der Waals surface area (Å²) in [6, 6.07) is 14.3. The number of ether oxygens (including phenoxy) is 1. The predicted octanol–water partition coefficient (Wildman–Crippen LogP) is 2.15. The first-order valence-electron chi connectivity index (χ1n) is 7.95. The average molecular weight is 358 g/mol. The summed E-state index contributed by atoms with van der Waals surface area (Å²) in [5, 5.41) is 2.27. The smallest absolute Gasteiger partial charge is 0.326 e. The molecule has 0 saturated heterocycles. The third-order valence-electron chi connectivity index (χ3n) is 3.64. The normalized spacial score (nSPS) is 11.3. The second-order valence-corrected chi connectivity index (χ2v) is 5.53. The number of benzene rings is 2. The standard InChI is InChI=1S/C19H19FN2O4/c1-13(19(25)22(2)14-8-4-3-5-9-14)26-17(23)12-21-18(24)15-10-6-7-11-16(15)20/h3-11,13H,12H2,1-2H3,(H,21,24)/t13-/m1/s1. The summed E-state index contributed by atoms with van der Waals surface area (Å²) >= 11 is 0. The van der Waals surface area contributed by atoms with E-state index in [0.29, 0.717) is 5.69 Å². The molecule has 1 N–H and O–H groups in total. The number of amides is 2. The molecule has 0 saturated carbocycles. The zero-order valence-electron chi connectivity index (χ0n) is 14.4. The molecule has 0 spiro atoms. The van der Waals surface area contributed by atoms with Gasteiger partial charge in [0.15, 0.2) is 6.10 Å². The van der Waals surface area contributed by atoms with Crippen LogP contribution in [0.3, 0.4) is 0 Å². The number of carbonyl (C=O) groups excluding carboxylic acids is 3. The van der Waals surface area contributed by atoms with Gasteiger partial charge in [0, 0.05) is 12.7 Å². The summed E-state index contributed by atoms with van der Waals surface area (Å²) in [5.74, 6) is -2.63. The highest BCUT2D eigenvalue weighted by Gasteiger charge is 2.22. The van der Waals surface area contributed by atoms with Crippen LogP contribution < -0.4 is 10.2 Å². The van der Waals surface area contributed by atoms with Gasteiger partial charge in [-0.2, -0.15) is 0 Å². The molecule has 0 aliphatic carbocycles. The van der Waals surface area contributed by atoms with Crippen molar-refractivity contribution in [3.8, 4) is 0 Å². The van der Waals surface area contributed by atoms with Crippen molar-refractivity contribution < 1.29 is 23.5 Å². The molecule has 2 amide bonds. The van der Waals surface area contributed by atoms with Crippen molar-refractivity contribution in [1.29, 1.82) is 0 Å². The highest BCUT2D eigenvalue weighted by atomic mass is 19.1. The molecule has 6 nitrogen and oxygen atoms in total. The predicted molar refractivity (Wildman–Crippen MR) is 94.1 cm³/mol. The lowest BCUT2D eigenvalue weighted by atomic mass is 10.2. The van der Waals surface area contributed by atoms with E-state index in [0.717, 1.165) is 6.07 Å². The van der Waals surface area contributed by atoms with E-state index in [1.807, 2.05) is 6.07 Å². The number of nitrogens with zero attached hydrogens (tertiary/aromatic N) is 1. The van der Waals surface area contributed by atoms with Gasteiger partial charge in [0.05, 0.1) is 5.56 Å². The summed E-state index contributed by atoms with van der Waals surface area (Å²) in [6.45, 7) is 0.970. The SMILES string of the molecule is C[C@@H](OC(=O)CNC(=O)c1ccccc1F)C(=O)N(C)c1ccccc1. The zero-order chi connectivity index (χ0) is 19.1. The number of anilines is 1. The Morgan fingerprint density at radius 1 is 1.08 bits per heavy atom. The van der Waals surface area contributed by atoms with Crippen LogP contribution in [0, 0.1) is 5.82 Å². The fourth-order valence-corrected chi connectivity index (χ4v) is 2.23. The first-order valence-corrected chi connectivity index (χ1v) is 7.95. The molecule has 26 heavy (non-hydrogen) atoms. The summed E-state index contributed by atoms with van der Waals surface area (Å²) < 4.78 is 18.5. The van der Waals surface area contributed by atoms with Crippen LogP contribution in [-0.4, -0.2) is 37.5 Å². The van der Waals surface area contributed by atoms with Crippen molar-refractivity contribution in [2.75, 3.05) is 18.5 Å². The van der Waals surface area contributed by atoms with E-state index < -0.39 is 36.2 Å². The van der Waals surface area contributed by atoms with Gasteiger partial charge < -0.3 is 15.0 Å². The van der Waals surface area contributed by atoms with Gasteiger partial charge in [0.1, 0.15) is 12.4 Å². The van der Waals surface area contributed by atoms with Gasteiger partial charge in [-0.3, -0.25) is 14.4 Å². The molecule has 0 aliphatic rings. The van der Waals surface area contributed by atoms with Crippen molar-refractivity contribution in [3.05, 3.63) is 66.0 Å². The maximum Gasteiger partial charge on any atom is 0.326 e. The van der Waals surface area contributed by atoms with E-state index in [4.69, 9.17) is 4.74 Å². The summed E-state index contributed by atoms with van der Waals surface area (Å²) in [7, 11) is 1.57. The summed E-state index contributed by atoms with van der Waals surface area (Å²) in [5.41, 5.74) is 0.487. The maximum atomic E-state index is 13.5. The monoisotopic (exact) mass is 358 g/mol. The molecule has 0 radical (unpaired) electrons. The number of nitrogens with one attached hydrogen (secondary N) is 1. The Hall–Kier alpha value is -3.22. The lowest BCUT2D eigenvalue weighted by Crippen LogP contribution is -2.40. The van der Waals surface area contributed by atoms with Gasteiger partial charge in [-0.1, -0.05) is 30.3 Å². The van der Waals surface area contributed by atoms with Crippen LogP contribution in [-0.2, 0) is 14.3 Å². The molecule has 0 aliphatic heterocycles. The Bertz CT molecular complexity index is 795. The number of para-hydroxylation sites is 1. The average Bonchev–Trinajstić information content (AvgIpc) is 2.66. The molecule has 2 aromatic carbocycles. The van der Waals surface area contributed by atoms with Crippen molar-refractivity contribution in [2.24, 2.45) is 0 Å². The van der Waals surface area contributed by atoms with Crippen LogP contribution in [0.25, 0.3) is 0 Å². The Balaban J connectivity index is 1.86. The molecule has 7 heteroatoms. The number of hydrogen-bond acceptors (Lipinski definition) is 4. The molecule has 2 aromatic rings. The number of esters is 1. The number of carbonyl (C=O) groups is 3.